The molecule has 1 atom stereocenters. The van der Waals surface area contributed by atoms with Gasteiger partial charge in [0.1, 0.15) is 0 Å². The first-order chi connectivity index (χ1) is 14.3. The van der Waals surface area contributed by atoms with Crippen molar-refractivity contribution in [1.29, 1.82) is 0 Å². The molecule has 1 amide bonds. The average Bonchev–Trinajstić information content (AvgIpc) is 2.72. The van der Waals surface area contributed by atoms with Gasteiger partial charge in [-0.2, -0.15) is 0 Å². The molecule has 30 heavy (non-hydrogen) atoms. The van der Waals surface area contributed by atoms with Crippen molar-refractivity contribution in [3.8, 4) is 0 Å². The van der Waals surface area contributed by atoms with E-state index in [4.69, 9.17) is 4.74 Å². The number of carbonyl (C=O) groups is 1. The fourth-order valence-electron chi connectivity index (χ4n) is 3.36. The van der Waals surface area contributed by atoms with Gasteiger partial charge in [0.15, 0.2) is 0 Å². The number of morpholine rings is 1. The number of amides is 1. The Balaban J connectivity index is 1.51. The molecule has 162 valence electrons. The average molecular weight is 432 g/mol. The Kier molecular flexibility index (Phi) is 7.60. The van der Waals surface area contributed by atoms with Gasteiger partial charge in [-0.05, 0) is 43.7 Å². The van der Waals surface area contributed by atoms with Gasteiger partial charge >= 0.3 is 0 Å². The van der Waals surface area contributed by atoms with Crippen molar-refractivity contribution >= 4 is 15.9 Å². The number of rotatable bonds is 8. The number of sulfonamides is 1. The second-order valence-corrected chi connectivity index (χ2v) is 9.44. The molecular weight excluding hydrogens is 402 g/mol. The summed E-state index contributed by atoms with van der Waals surface area (Å²) >= 11 is 0. The molecule has 0 bridgehead atoms. The molecule has 1 unspecified atom stereocenters. The maximum Gasteiger partial charge on any atom is 0.251 e. The lowest BCUT2D eigenvalue weighted by Crippen LogP contribution is -2.47. The second-order valence-electron chi connectivity index (χ2n) is 7.72. The number of hydrogen-bond acceptors (Lipinski definition) is 5. The van der Waals surface area contributed by atoms with E-state index in [9.17, 15) is 13.2 Å². The van der Waals surface area contributed by atoms with Crippen LogP contribution >= 0.6 is 0 Å². The maximum absolute atomic E-state index is 12.5. The number of nitrogens with one attached hydrogen (secondary N) is 2. The Morgan fingerprint density at radius 1 is 1.13 bits per heavy atom. The number of carbonyl (C=O) groups excluding carboxylic acids is 1. The van der Waals surface area contributed by atoms with Crippen molar-refractivity contribution in [3.05, 3.63) is 65.7 Å². The first-order valence-corrected chi connectivity index (χ1v) is 11.6. The van der Waals surface area contributed by atoms with Crippen LogP contribution < -0.4 is 10.0 Å². The van der Waals surface area contributed by atoms with Gasteiger partial charge in [-0.1, -0.05) is 30.3 Å². The smallest absolute Gasteiger partial charge is 0.251 e. The van der Waals surface area contributed by atoms with E-state index in [1.54, 1.807) is 13.8 Å². The summed E-state index contributed by atoms with van der Waals surface area (Å²) in [5.41, 5.74) is 1.67. The third-order valence-corrected chi connectivity index (χ3v) is 6.45. The molecule has 0 aromatic heterocycles. The topological polar surface area (TPSA) is 87.7 Å². The molecule has 2 aromatic rings. The highest BCUT2D eigenvalue weighted by Gasteiger charge is 2.21. The van der Waals surface area contributed by atoms with Gasteiger partial charge in [-0.3, -0.25) is 9.69 Å². The molecule has 3 rings (SSSR count). The number of ether oxygens (including phenoxy) is 1. The summed E-state index contributed by atoms with van der Waals surface area (Å²) in [4.78, 5) is 14.9. The molecule has 2 aromatic carbocycles. The molecule has 0 spiro atoms. The summed E-state index contributed by atoms with van der Waals surface area (Å²) in [6.45, 7) is 7.01. The van der Waals surface area contributed by atoms with Gasteiger partial charge in [0.2, 0.25) is 10.0 Å². The minimum absolute atomic E-state index is 0.0821. The van der Waals surface area contributed by atoms with E-state index in [0.29, 0.717) is 18.7 Å². The SMILES string of the molecule is CC(C)NS(=O)(=O)c1ccc(C(=O)NCC2CN(Cc3ccccc3)CCO2)cc1. The predicted molar refractivity (Wildman–Crippen MR) is 116 cm³/mol. The lowest BCUT2D eigenvalue weighted by Gasteiger charge is -2.33. The molecule has 7 nitrogen and oxygen atoms in total. The van der Waals surface area contributed by atoms with Gasteiger partial charge in [0, 0.05) is 37.8 Å². The summed E-state index contributed by atoms with van der Waals surface area (Å²) in [7, 11) is -3.57. The van der Waals surface area contributed by atoms with Crippen LogP contribution in [0.2, 0.25) is 0 Å². The van der Waals surface area contributed by atoms with Crippen LogP contribution in [0.15, 0.2) is 59.5 Å². The minimum atomic E-state index is -3.57. The summed E-state index contributed by atoms with van der Waals surface area (Å²) in [6.07, 6.45) is -0.0821. The van der Waals surface area contributed by atoms with E-state index in [-0.39, 0.29) is 22.9 Å². The molecule has 0 saturated carbocycles. The normalized spacial score (nSPS) is 17.8. The highest BCUT2D eigenvalue weighted by Crippen LogP contribution is 2.12. The molecule has 1 aliphatic heterocycles. The van der Waals surface area contributed by atoms with Crippen LogP contribution in [0.4, 0.5) is 0 Å². The van der Waals surface area contributed by atoms with Crippen LogP contribution in [0.25, 0.3) is 0 Å². The molecule has 1 saturated heterocycles. The van der Waals surface area contributed by atoms with Crippen LogP contribution in [0, 0.1) is 0 Å². The van der Waals surface area contributed by atoms with Gasteiger partial charge in [-0.25, -0.2) is 13.1 Å². The zero-order chi connectivity index (χ0) is 21.6. The molecule has 1 heterocycles. The van der Waals surface area contributed by atoms with Crippen molar-refractivity contribution in [3.63, 3.8) is 0 Å². The van der Waals surface area contributed by atoms with Crippen LogP contribution in [0.3, 0.4) is 0 Å². The maximum atomic E-state index is 12.5. The lowest BCUT2D eigenvalue weighted by molar-refractivity contribution is -0.0292. The Morgan fingerprint density at radius 2 is 1.83 bits per heavy atom. The molecule has 2 N–H and O–H groups in total. The monoisotopic (exact) mass is 431 g/mol. The quantitative estimate of drug-likeness (QED) is 0.668. The first kappa shape index (κ1) is 22.4. The van der Waals surface area contributed by atoms with E-state index >= 15 is 0 Å². The minimum Gasteiger partial charge on any atom is -0.374 e. The Hall–Kier alpha value is -2.26. The van der Waals surface area contributed by atoms with Crippen LogP contribution in [-0.2, 0) is 21.3 Å². The van der Waals surface area contributed by atoms with Crippen molar-refractivity contribution in [1.82, 2.24) is 14.9 Å². The molecular formula is C22H29N3O4S. The van der Waals surface area contributed by atoms with Crippen LogP contribution in [0.1, 0.15) is 29.8 Å². The Labute approximate surface area is 178 Å². The Bertz CT molecular complexity index is 931. The molecule has 0 aliphatic carbocycles. The third-order valence-electron chi connectivity index (χ3n) is 4.78. The van der Waals surface area contributed by atoms with Crippen molar-refractivity contribution < 1.29 is 17.9 Å². The van der Waals surface area contributed by atoms with Gasteiger partial charge in [0.05, 0.1) is 17.6 Å². The van der Waals surface area contributed by atoms with E-state index in [1.807, 2.05) is 18.2 Å². The Morgan fingerprint density at radius 3 is 2.50 bits per heavy atom. The first-order valence-electron chi connectivity index (χ1n) is 10.1. The van der Waals surface area contributed by atoms with Gasteiger partial charge in [0.25, 0.3) is 5.91 Å². The zero-order valence-electron chi connectivity index (χ0n) is 17.4. The lowest BCUT2D eigenvalue weighted by atomic mass is 10.2. The predicted octanol–water partition coefficient (Wildman–Crippen LogP) is 2.00. The zero-order valence-corrected chi connectivity index (χ0v) is 18.2. The van der Waals surface area contributed by atoms with E-state index in [2.05, 4.69) is 27.1 Å². The van der Waals surface area contributed by atoms with Crippen molar-refractivity contribution in [2.45, 2.75) is 37.4 Å². The largest absolute Gasteiger partial charge is 0.374 e. The summed E-state index contributed by atoms with van der Waals surface area (Å²) in [5, 5.41) is 2.89. The standard InChI is InChI=1S/C22H29N3O4S/c1-17(2)24-30(27,28)21-10-8-19(9-11-21)22(26)23-14-20-16-25(12-13-29-20)15-18-6-4-3-5-7-18/h3-11,17,20,24H,12-16H2,1-2H3,(H,23,26). The molecule has 8 heteroatoms. The van der Waals surface area contributed by atoms with Crippen molar-refractivity contribution in [2.75, 3.05) is 26.2 Å². The van der Waals surface area contributed by atoms with E-state index in [0.717, 1.165) is 19.6 Å². The van der Waals surface area contributed by atoms with Crippen molar-refractivity contribution in [2.24, 2.45) is 0 Å². The molecule has 0 radical (unpaired) electrons. The van der Waals surface area contributed by atoms with E-state index < -0.39 is 10.0 Å². The highest BCUT2D eigenvalue weighted by molar-refractivity contribution is 7.89. The van der Waals surface area contributed by atoms with Crippen LogP contribution in [0.5, 0.6) is 0 Å². The summed E-state index contributed by atoms with van der Waals surface area (Å²) in [6, 6.07) is 16.0. The fraction of sp³-hybridized carbons (Fsp3) is 0.409. The summed E-state index contributed by atoms with van der Waals surface area (Å²) in [5.74, 6) is -0.250. The van der Waals surface area contributed by atoms with Crippen LogP contribution in [-0.4, -0.2) is 57.6 Å². The molecule has 1 aliphatic rings. The number of benzene rings is 2. The fourth-order valence-corrected chi connectivity index (χ4v) is 4.61. The third kappa shape index (κ3) is 6.37. The van der Waals surface area contributed by atoms with Gasteiger partial charge < -0.3 is 10.1 Å². The number of hydrogen-bond donors (Lipinski definition) is 2. The summed E-state index contributed by atoms with van der Waals surface area (Å²) < 4.78 is 32.7. The highest BCUT2D eigenvalue weighted by atomic mass is 32.2. The van der Waals surface area contributed by atoms with Gasteiger partial charge in [-0.15, -0.1) is 0 Å². The molecule has 1 fully saturated rings. The van der Waals surface area contributed by atoms with E-state index in [1.165, 1.54) is 29.8 Å². The second kappa shape index (κ2) is 10.2. The number of nitrogens with zero attached hydrogens (tertiary/aromatic N) is 1.